The number of imidazole rings is 1. The fourth-order valence-electron chi connectivity index (χ4n) is 1.44. The van der Waals surface area contributed by atoms with E-state index in [4.69, 9.17) is 5.73 Å². The second-order valence-electron chi connectivity index (χ2n) is 3.95. The Balaban J connectivity index is 2.73. The maximum atomic E-state index is 6.02. The number of halogens is 1. The molecule has 0 saturated heterocycles. The number of hydrogen-bond acceptors (Lipinski definition) is 2. The number of pyridine rings is 1. The molecule has 0 aromatic carbocycles. The standard InChI is InChI=1S/C10H12BrN3/c1-10(2,12)9-13-5-8-4-3-7(11)6-14(8)9/h3-6H,12H2,1-2H3. The van der Waals surface area contributed by atoms with Crippen LogP contribution in [0.3, 0.4) is 0 Å². The van der Waals surface area contributed by atoms with Crippen LogP contribution >= 0.6 is 15.9 Å². The Bertz CT molecular complexity index is 468. The normalized spacial score (nSPS) is 12.3. The predicted molar refractivity (Wildman–Crippen MR) is 60.1 cm³/mol. The lowest BCUT2D eigenvalue weighted by molar-refractivity contribution is 0.511. The van der Waals surface area contributed by atoms with Crippen LogP contribution in [-0.4, -0.2) is 9.38 Å². The summed E-state index contributed by atoms with van der Waals surface area (Å²) in [5.41, 5.74) is 6.65. The third-order valence-corrected chi connectivity index (χ3v) is 2.54. The number of aromatic nitrogens is 2. The summed E-state index contributed by atoms with van der Waals surface area (Å²) in [7, 11) is 0. The molecule has 0 atom stereocenters. The van der Waals surface area contributed by atoms with Gasteiger partial charge in [-0.1, -0.05) is 0 Å². The molecule has 74 valence electrons. The summed E-state index contributed by atoms with van der Waals surface area (Å²) in [5, 5.41) is 0. The first-order valence-electron chi connectivity index (χ1n) is 4.40. The molecule has 2 N–H and O–H groups in total. The van der Waals surface area contributed by atoms with E-state index in [0.717, 1.165) is 15.8 Å². The zero-order valence-electron chi connectivity index (χ0n) is 8.16. The van der Waals surface area contributed by atoms with Gasteiger partial charge in [-0.05, 0) is 41.9 Å². The fraction of sp³-hybridized carbons (Fsp3) is 0.300. The van der Waals surface area contributed by atoms with Gasteiger partial charge in [-0.2, -0.15) is 0 Å². The van der Waals surface area contributed by atoms with Gasteiger partial charge in [0.05, 0.1) is 17.3 Å². The van der Waals surface area contributed by atoms with Crippen LogP contribution in [0, 0.1) is 0 Å². The van der Waals surface area contributed by atoms with Gasteiger partial charge in [-0.15, -0.1) is 0 Å². The lowest BCUT2D eigenvalue weighted by Crippen LogP contribution is -2.31. The molecule has 2 aromatic rings. The Morgan fingerprint density at radius 2 is 2.14 bits per heavy atom. The van der Waals surface area contributed by atoms with Gasteiger partial charge in [0.25, 0.3) is 0 Å². The van der Waals surface area contributed by atoms with Crippen molar-refractivity contribution in [2.24, 2.45) is 5.73 Å². The average Bonchev–Trinajstić information content (AvgIpc) is 2.45. The van der Waals surface area contributed by atoms with Gasteiger partial charge in [0.15, 0.2) is 0 Å². The van der Waals surface area contributed by atoms with Crippen molar-refractivity contribution in [3.63, 3.8) is 0 Å². The minimum atomic E-state index is -0.423. The van der Waals surface area contributed by atoms with E-state index in [1.807, 2.05) is 42.8 Å². The second-order valence-corrected chi connectivity index (χ2v) is 4.86. The van der Waals surface area contributed by atoms with Crippen molar-refractivity contribution < 1.29 is 0 Å². The van der Waals surface area contributed by atoms with Crippen LogP contribution in [-0.2, 0) is 5.54 Å². The fourth-order valence-corrected chi connectivity index (χ4v) is 1.78. The molecule has 0 spiro atoms. The van der Waals surface area contributed by atoms with Crippen LogP contribution in [0.25, 0.3) is 5.52 Å². The lowest BCUT2D eigenvalue weighted by Gasteiger charge is -2.16. The highest BCUT2D eigenvalue weighted by Crippen LogP contribution is 2.19. The monoisotopic (exact) mass is 253 g/mol. The maximum Gasteiger partial charge on any atom is 0.132 e. The molecule has 0 saturated carbocycles. The third kappa shape index (κ3) is 1.55. The first kappa shape index (κ1) is 9.68. The predicted octanol–water partition coefficient (Wildman–Crippen LogP) is 2.29. The summed E-state index contributed by atoms with van der Waals surface area (Å²) < 4.78 is 3.03. The topological polar surface area (TPSA) is 43.3 Å². The molecule has 0 amide bonds. The highest BCUT2D eigenvalue weighted by Gasteiger charge is 2.19. The first-order valence-corrected chi connectivity index (χ1v) is 5.20. The van der Waals surface area contributed by atoms with Gasteiger partial charge in [0.2, 0.25) is 0 Å². The summed E-state index contributed by atoms with van der Waals surface area (Å²) in [4.78, 5) is 4.32. The van der Waals surface area contributed by atoms with Gasteiger partial charge in [-0.3, -0.25) is 0 Å². The van der Waals surface area contributed by atoms with Crippen molar-refractivity contribution in [3.8, 4) is 0 Å². The van der Waals surface area contributed by atoms with E-state index < -0.39 is 5.54 Å². The van der Waals surface area contributed by atoms with Gasteiger partial charge < -0.3 is 10.1 Å². The Morgan fingerprint density at radius 3 is 2.79 bits per heavy atom. The van der Waals surface area contributed by atoms with E-state index >= 15 is 0 Å². The van der Waals surface area contributed by atoms with E-state index in [0.29, 0.717) is 0 Å². The molecule has 3 nitrogen and oxygen atoms in total. The molecule has 0 unspecified atom stereocenters. The van der Waals surface area contributed by atoms with Crippen molar-refractivity contribution in [2.75, 3.05) is 0 Å². The van der Waals surface area contributed by atoms with E-state index in [9.17, 15) is 0 Å². The van der Waals surface area contributed by atoms with Crippen LogP contribution < -0.4 is 5.73 Å². The smallest absolute Gasteiger partial charge is 0.132 e. The van der Waals surface area contributed by atoms with Gasteiger partial charge in [-0.25, -0.2) is 4.98 Å². The quantitative estimate of drug-likeness (QED) is 0.848. The van der Waals surface area contributed by atoms with E-state index in [2.05, 4.69) is 20.9 Å². The third-order valence-electron chi connectivity index (χ3n) is 2.07. The zero-order valence-corrected chi connectivity index (χ0v) is 9.75. The zero-order chi connectivity index (χ0) is 10.3. The van der Waals surface area contributed by atoms with Crippen LogP contribution in [0.15, 0.2) is 29.0 Å². The highest BCUT2D eigenvalue weighted by atomic mass is 79.9. The van der Waals surface area contributed by atoms with Crippen molar-refractivity contribution >= 4 is 21.4 Å². The van der Waals surface area contributed by atoms with Crippen LogP contribution in [0.1, 0.15) is 19.7 Å². The summed E-state index contributed by atoms with van der Waals surface area (Å²) >= 11 is 3.43. The molecule has 0 aliphatic carbocycles. The Labute approximate surface area is 91.1 Å². The molecule has 2 heterocycles. The number of nitrogens with zero attached hydrogens (tertiary/aromatic N) is 2. The molecule has 2 rings (SSSR count). The Kier molecular flexibility index (Phi) is 2.12. The summed E-state index contributed by atoms with van der Waals surface area (Å²) in [6.07, 6.45) is 3.81. The summed E-state index contributed by atoms with van der Waals surface area (Å²) in [6.45, 7) is 3.89. The lowest BCUT2D eigenvalue weighted by atomic mass is 10.1. The maximum absolute atomic E-state index is 6.02. The first-order chi connectivity index (χ1) is 6.48. The van der Waals surface area contributed by atoms with Crippen molar-refractivity contribution in [1.82, 2.24) is 9.38 Å². The van der Waals surface area contributed by atoms with Crippen molar-refractivity contribution in [1.29, 1.82) is 0 Å². The highest BCUT2D eigenvalue weighted by molar-refractivity contribution is 9.10. The van der Waals surface area contributed by atoms with Crippen molar-refractivity contribution in [3.05, 3.63) is 34.8 Å². The Hall–Kier alpha value is -0.870. The van der Waals surface area contributed by atoms with E-state index in [1.165, 1.54) is 0 Å². The molecule has 14 heavy (non-hydrogen) atoms. The Morgan fingerprint density at radius 1 is 1.43 bits per heavy atom. The number of rotatable bonds is 1. The van der Waals surface area contributed by atoms with Gasteiger partial charge >= 0.3 is 0 Å². The average molecular weight is 254 g/mol. The van der Waals surface area contributed by atoms with Crippen molar-refractivity contribution in [2.45, 2.75) is 19.4 Å². The molecule has 0 aliphatic rings. The summed E-state index contributed by atoms with van der Waals surface area (Å²) in [6, 6.07) is 4.00. The number of nitrogens with two attached hydrogens (primary N) is 1. The molecular weight excluding hydrogens is 242 g/mol. The van der Waals surface area contributed by atoms with Crippen LogP contribution in [0.5, 0.6) is 0 Å². The van der Waals surface area contributed by atoms with Gasteiger partial charge in [0, 0.05) is 10.7 Å². The molecule has 2 aromatic heterocycles. The largest absolute Gasteiger partial charge is 0.319 e. The van der Waals surface area contributed by atoms with Crippen LogP contribution in [0.4, 0.5) is 0 Å². The van der Waals surface area contributed by atoms with E-state index in [1.54, 1.807) is 0 Å². The molecule has 0 bridgehead atoms. The summed E-state index contributed by atoms with van der Waals surface area (Å²) in [5.74, 6) is 0.869. The number of fused-ring (bicyclic) bond motifs is 1. The van der Waals surface area contributed by atoms with Crippen LogP contribution in [0.2, 0.25) is 0 Å². The molecule has 4 heteroatoms. The van der Waals surface area contributed by atoms with Gasteiger partial charge in [0.1, 0.15) is 5.82 Å². The second kappa shape index (κ2) is 3.07. The number of hydrogen-bond donors (Lipinski definition) is 1. The molecule has 0 fully saturated rings. The molecule has 0 aliphatic heterocycles. The SMILES string of the molecule is CC(C)(N)c1ncc2ccc(Br)cn12. The minimum Gasteiger partial charge on any atom is -0.319 e. The minimum absolute atomic E-state index is 0.423. The molecular formula is C10H12BrN3. The van der Waals surface area contributed by atoms with E-state index in [-0.39, 0.29) is 0 Å². The molecule has 0 radical (unpaired) electrons.